The molecule has 0 atom stereocenters. The number of nitrogens with zero attached hydrogens (tertiary/aromatic N) is 1. The van der Waals surface area contributed by atoms with Crippen LogP contribution in [0.15, 0.2) is 16.3 Å². The molecule has 58 valence electrons. The zero-order valence-electron chi connectivity index (χ0n) is 5.79. The topological polar surface area (TPSA) is 92.8 Å². The quantitative estimate of drug-likeness (QED) is 0.522. The van der Waals surface area contributed by atoms with Crippen molar-refractivity contribution in [2.24, 2.45) is 10.7 Å². The second-order valence-electron chi connectivity index (χ2n) is 2.09. The average molecular weight is 154 g/mol. The summed E-state index contributed by atoms with van der Waals surface area (Å²) in [7, 11) is 0. The molecule has 0 saturated heterocycles. The summed E-state index contributed by atoms with van der Waals surface area (Å²) in [5.41, 5.74) is 4.83. The molecule has 3 N–H and O–H groups in total. The molecule has 0 aromatic carbocycles. The molecule has 0 spiro atoms. The highest BCUT2D eigenvalue weighted by Crippen LogP contribution is 2.13. The van der Waals surface area contributed by atoms with Crippen molar-refractivity contribution in [3.05, 3.63) is 11.3 Å². The number of hydrogen-bond donors (Lipinski definition) is 2. The van der Waals surface area contributed by atoms with Gasteiger partial charge in [0.2, 0.25) is 0 Å². The molecule has 0 fully saturated rings. The predicted octanol–water partition coefficient (Wildman–Crippen LogP) is -0.715. The van der Waals surface area contributed by atoms with E-state index in [0.717, 1.165) is 0 Å². The Bertz CT molecular complexity index is 301. The Kier molecular flexibility index (Phi) is 1.48. The lowest BCUT2D eigenvalue weighted by Crippen LogP contribution is -2.19. The van der Waals surface area contributed by atoms with Crippen molar-refractivity contribution >= 4 is 17.5 Å². The van der Waals surface area contributed by atoms with E-state index in [9.17, 15) is 9.59 Å². The third-order valence-corrected chi connectivity index (χ3v) is 1.32. The summed E-state index contributed by atoms with van der Waals surface area (Å²) in [5.74, 6) is -2.30. The van der Waals surface area contributed by atoms with Crippen molar-refractivity contribution in [3.8, 4) is 0 Å². The molecule has 0 aliphatic carbocycles. The fourth-order valence-electron chi connectivity index (χ4n) is 0.834. The lowest BCUT2D eigenvalue weighted by atomic mass is 10.1. The Balaban J connectivity index is 3.20. The van der Waals surface area contributed by atoms with E-state index in [-0.39, 0.29) is 11.3 Å². The molecule has 0 aromatic heterocycles. The average Bonchev–Trinajstić information content (AvgIpc) is 2.07. The molecule has 1 rings (SSSR count). The number of aliphatic hydroxyl groups is 1. The maximum absolute atomic E-state index is 10.6. The number of primary amides is 1. The monoisotopic (exact) mass is 154 g/mol. The molecule has 5 nitrogen and oxygen atoms in total. The summed E-state index contributed by atoms with van der Waals surface area (Å²) in [5, 5.41) is 8.91. The van der Waals surface area contributed by atoms with Crippen molar-refractivity contribution in [1.82, 2.24) is 0 Å². The molecule has 2 amide bonds. The minimum absolute atomic E-state index is 0.167. The SMILES string of the molecule is CC1=NC(=O)C(O)=C1C(N)=O. The van der Waals surface area contributed by atoms with Crippen LogP contribution in [0.4, 0.5) is 0 Å². The summed E-state index contributed by atoms with van der Waals surface area (Å²) < 4.78 is 0. The minimum Gasteiger partial charge on any atom is -0.502 e. The molecular weight excluding hydrogens is 148 g/mol. The fourth-order valence-corrected chi connectivity index (χ4v) is 0.834. The Morgan fingerprint density at radius 1 is 1.64 bits per heavy atom. The predicted molar refractivity (Wildman–Crippen MR) is 37.0 cm³/mol. The maximum atomic E-state index is 10.6. The van der Waals surface area contributed by atoms with Crippen molar-refractivity contribution in [1.29, 1.82) is 0 Å². The number of nitrogens with two attached hydrogens (primary N) is 1. The lowest BCUT2D eigenvalue weighted by Gasteiger charge is -1.93. The van der Waals surface area contributed by atoms with E-state index >= 15 is 0 Å². The molecule has 0 bridgehead atoms. The summed E-state index contributed by atoms with van der Waals surface area (Å²) >= 11 is 0. The molecule has 0 aromatic rings. The number of aliphatic imine (C=N–C) groups is 1. The first kappa shape index (κ1) is 7.46. The standard InChI is InChI=1S/C6H6N2O3/c1-2-3(5(7)10)4(9)6(11)8-2/h1H3,(H2,7,10)(H,8,9,11). The molecule has 11 heavy (non-hydrogen) atoms. The molecule has 1 aliphatic rings. The van der Waals surface area contributed by atoms with Crippen LogP contribution in [-0.2, 0) is 9.59 Å². The van der Waals surface area contributed by atoms with Crippen LogP contribution in [-0.4, -0.2) is 22.6 Å². The second-order valence-corrected chi connectivity index (χ2v) is 2.09. The van der Waals surface area contributed by atoms with Crippen LogP contribution in [0.1, 0.15) is 6.92 Å². The highest BCUT2D eigenvalue weighted by molar-refractivity contribution is 6.30. The molecule has 1 heterocycles. The number of amides is 2. The van der Waals surface area contributed by atoms with Gasteiger partial charge in [-0.05, 0) is 6.92 Å². The number of carbonyl (C=O) groups is 2. The molecular formula is C6H6N2O3. The Hall–Kier alpha value is -1.65. The van der Waals surface area contributed by atoms with Crippen LogP contribution in [0, 0.1) is 0 Å². The van der Waals surface area contributed by atoms with Gasteiger partial charge in [0, 0.05) is 0 Å². The van der Waals surface area contributed by atoms with Gasteiger partial charge in [-0.15, -0.1) is 0 Å². The number of rotatable bonds is 1. The first-order chi connectivity index (χ1) is 5.04. The highest BCUT2D eigenvalue weighted by Gasteiger charge is 2.26. The summed E-state index contributed by atoms with van der Waals surface area (Å²) in [4.78, 5) is 24.5. The maximum Gasteiger partial charge on any atom is 0.312 e. The van der Waals surface area contributed by atoms with E-state index in [1.165, 1.54) is 6.92 Å². The van der Waals surface area contributed by atoms with Gasteiger partial charge in [0.25, 0.3) is 5.91 Å². The van der Waals surface area contributed by atoms with Gasteiger partial charge in [-0.1, -0.05) is 0 Å². The third kappa shape index (κ3) is 1.000. The van der Waals surface area contributed by atoms with Crippen LogP contribution >= 0.6 is 0 Å². The zero-order chi connectivity index (χ0) is 8.59. The van der Waals surface area contributed by atoms with Crippen LogP contribution in [0.3, 0.4) is 0 Å². The van der Waals surface area contributed by atoms with E-state index in [2.05, 4.69) is 4.99 Å². The second kappa shape index (κ2) is 2.19. The van der Waals surface area contributed by atoms with Crippen molar-refractivity contribution in [2.75, 3.05) is 0 Å². The van der Waals surface area contributed by atoms with E-state index < -0.39 is 17.6 Å². The van der Waals surface area contributed by atoms with Crippen LogP contribution in [0.25, 0.3) is 0 Å². The third-order valence-electron chi connectivity index (χ3n) is 1.32. The molecule has 0 saturated carbocycles. The fraction of sp³-hybridized carbons (Fsp3) is 0.167. The lowest BCUT2D eigenvalue weighted by molar-refractivity contribution is -0.118. The van der Waals surface area contributed by atoms with Gasteiger partial charge >= 0.3 is 5.91 Å². The number of hydrogen-bond acceptors (Lipinski definition) is 3. The van der Waals surface area contributed by atoms with Gasteiger partial charge in [-0.3, -0.25) is 9.59 Å². The van der Waals surface area contributed by atoms with Crippen molar-refractivity contribution in [2.45, 2.75) is 6.92 Å². The van der Waals surface area contributed by atoms with Gasteiger partial charge in [0.1, 0.15) is 5.57 Å². The Morgan fingerprint density at radius 3 is 2.36 bits per heavy atom. The summed E-state index contributed by atoms with van der Waals surface area (Å²) in [6.07, 6.45) is 0. The van der Waals surface area contributed by atoms with Crippen molar-refractivity contribution < 1.29 is 14.7 Å². The number of aliphatic hydroxyl groups excluding tert-OH is 1. The molecule has 0 radical (unpaired) electrons. The smallest absolute Gasteiger partial charge is 0.312 e. The molecule has 5 heteroatoms. The molecule has 0 unspecified atom stereocenters. The minimum atomic E-state index is -0.838. The van der Waals surface area contributed by atoms with Gasteiger partial charge in [0.05, 0.1) is 5.71 Å². The van der Waals surface area contributed by atoms with Crippen LogP contribution < -0.4 is 5.73 Å². The van der Waals surface area contributed by atoms with Crippen LogP contribution in [0.5, 0.6) is 0 Å². The van der Waals surface area contributed by atoms with E-state index in [0.29, 0.717) is 0 Å². The van der Waals surface area contributed by atoms with Gasteiger partial charge in [0.15, 0.2) is 5.76 Å². The van der Waals surface area contributed by atoms with E-state index in [1.807, 2.05) is 0 Å². The Morgan fingerprint density at radius 2 is 2.18 bits per heavy atom. The largest absolute Gasteiger partial charge is 0.502 e. The number of carbonyl (C=O) groups excluding carboxylic acids is 2. The summed E-state index contributed by atoms with van der Waals surface area (Å²) in [6, 6.07) is 0. The van der Waals surface area contributed by atoms with Gasteiger partial charge in [-0.25, -0.2) is 4.99 Å². The molecule has 1 aliphatic heterocycles. The van der Waals surface area contributed by atoms with Crippen molar-refractivity contribution in [3.63, 3.8) is 0 Å². The van der Waals surface area contributed by atoms with E-state index in [1.54, 1.807) is 0 Å². The van der Waals surface area contributed by atoms with E-state index in [4.69, 9.17) is 10.8 Å². The highest BCUT2D eigenvalue weighted by atomic mass is 16.3. The van der Waals surface area contributed by atoms with Crippen LogP contribution in [0.2, 0.25) is 0 Å². The van der Waals surface area contributed by atoms with Gasteiger partial charge in [-0.2, -0.15) is 0 Å². The first-order valence-corrected chi connectivity index (χ1v) is 2.87. The normalized spacial score (nSPS) is 17.2. The zero-order valence-corrected chi connectivity index (χ0v) is 5.79. The van der Waals surface area contributed by atoms with Gasteiger partial charge < -0.3 is 10.8 Å². The summed E-state index contributed by atoms with van der Waals surface area (Å²) in [6.45, 7) is 1.43. The Labute approximate surface area is 62.2 Å². The first-order valence-electron chi connectivity index (χ1n) is 2.87.